The lowest BCUT2D eigenvalue weighted by molar-refractivity contribution is -0.0148. The van der Waals surface area contributed by atoms with E-state index < -0.39 is 0 Å². The predicted molar refractivity (Wildman–Crippen MR) is 41.6 cm³/mol. The van der Waals surface area contributed by atoms with Gasteiger partial charge >= 0.3 is 0 Å². The van der Waals surface area contributed by atoms with Gasteiger partial charge in [-0.25, -0.2) is 0 Å². The number of hydrogen-bond donors (Lipinski definition) is 1. The van der Waals surface area contributed by atoms with Gasteiger partial charge in [0.15, 0.2) is 0 Å². The topological polar surface area (TPSA) is 32.7 Å². The first-order valence-electron chi connectivity index (χ1n) is 3.23. The first kappa shape index (κ1) is 10.2. The SMILES string of the molecule is CN1CCOCC1CO.Cl. The van der Waals surface area contributed by atoms with E-state index in [4.69, 9.17) is 9.84 Å². The van der Waals surface area contributed by atoms with Crippen LogP contribution in [0.1, 0.15) is 0 Å². The van der Waals surface area contributed by atoms with Crippen LogP contribution in [0.5, 0.6) is 0 Å². The van der Waals surface area contributed by atoms with E-state index in [-0.39, 0.29) is 25.1 Å². The zero-order valence-electron chi connectivity index (χ0n) is 6.12. The smallest absolute Gasteiger partial charge is 0.0644 e. The minimum Gasteiger partial charge on any atom is -0.395 e. The number of nitrogens with zero attached hydrogens (tertiary/aromatic N) is 1. The van der Waals surface area contributed by atoms with Crippen LogP contribution in [0.15, 0.2) is 0 Å². The molecular weight excluding hydrogens is 154 g/mol. The maximum atomic E-state index is 8.74. The minimum absolute atomic E-state index is 0. The van der Waals surface area contributed by atoms with Gasteiger partial charge in [0.1, 0.15) is 0 Å². The van der Waals surface area contributed by atoms with Gasteiger partial charge in [0.05, 0.1) is 25.9 Å². The standard InChI is InChI=1S/C6H13NO2.ClH/c1-7-2-3-9-5-6(7)4-8;/h6,8H,2-5H2,1H3;1H. The van der Waals surface area contributed by atoms with Gasteiger partial charge in [0.2, 0.25) is 0 Å². The summed E-state index contributed by atoms with van der Waals surface area (Å²) in [4.78, 5) is 2.11. The molecule has 0 aromatic carbocycles. The van der Waals surface area contributed by atoms with Crippen molar-refractivity contribution in [2.24, 2.45) is 0 Å². The number of aliphatic hydroxyl groups is 1. The van der Waals surface area contributed by atoms with Crippen molar-refractivity contribution in [2.75, 3.05) is 33.4 Å². The molecule has 1 aliphatic heterocycles. The molecule has 1 rings (SSSR count). The number of halogens is 1. The Morgan fingerprint density at radius 2 is 2.40 bits per heavy atom. The molecular formula is C6H14ClNO2. The highest BCUT2D eigenvalue weighted by molar-refractivity contribution is 5.85. The Morgan fingerprint density at radius 1 is 1.70 bits per heavy atom. The molecule has 0 bridgehead atoms. The summed E-state index contributed by atoms with van der Waals surface area (Å²) in [5.74, 6) is 0. The van der Waals surface area contributed by atoms with Crippen molar-refractivity contribution in [1.82, 2.24) is 4.90 Å². The highest BCUT2D eigenvalue weighted by atomic mass is 35.5. The zero-order valence-corrected chi connectivity index (χ0v) is 6.93. The molecule has 1 fully saturated rings. The fraction of sp³-hybridized carbons (Fsp3) is 1.00. The molecule has 3 nitrogen and oxygen atoms in total. The molecule has 1 saturated heterocycles. The molecule has 1 heterocycles. The molecule has 62 valence electrons. The second kappa shape index (κ2) is 4.91. The van der Waals surface area contributed by atoms with Gasteiger partial charge in [-0.3, -0.25) is 4.90 Å². The van der Waals surface area contributed by atoms with Crippen LogP contribution in [0.25, 0.3) is 0 Å². The third-order valence-electron chi connectivity index (χ3n) is 1.73. The number of morpholine rings is 1. The van der Waals surface area contributed by atoms with Crippen molar-refractivity contribution in [3.05, 3.63) is 0 Å². The van der Waals surface area contributed by atoms with Crippen molar-refractivity contribution in [1.29, 1.82) is 0 Å². The summed E-state index contributed by atoms with van der Waals surface area (Å²) in [5.41, 5.74) is 0. The zero-order chi connectivity index (χ0) is 6.69. The second-order valence-corrected chi connectivity index (χ2v) is 2.39. The Bertz CT molecular complexity index is 91.8. The van der Waals surface area contributed by atoms with E-state index in [1.807, 2.05) is 7.05 Å². The first-order chi connectivity index (χ1) is 4.34. The molecule has 4 heteroatoms. The van der Waals surface area contributed by atoms with E-state index >= 15 is 0 Å². The lowest BCUT2D eigenvalue weighted by Gasteiger charge is -2.30. The highest BCUT2D eigenvalue weighted by Crippen LogP contribution is 2.01. The summed E-state index contributed by atoms with van der Waals surface area (Å²) >= 11 is 0. The average molecular weight is 168 g/mol. The molecule has 0 amide bonds. The molecule has 10 heavy (non-hydrogen) atoms. The Balaban J connectivity index is 0.000000810. The summed E-state index contributed by atoms with van der Waals surface area (Å²) in [6.07, 6.45) is 0. The monoisotopic (exact) mass is 167 g/mol. The van der Waals surface area contributed by atoms with Gasteiger partial charge in [0, 0.05) is 6.54 Å². The lowest BCUT2D eigenvalue weighted by Crippen LogP contribution is -2.44. The number of hydrogen-bond acceptors (Lipinski definition) is 3. The van der Waals surface area contributed by atoms with Gasteiger partial charge in [-0.1, -0.05) is 0 Å². The highest BCUT2D eigenvalue weighted by Gasteiger charge is 2.17. The number of likely N-dealkylation sites (N-methyl/N-ethyl adjacent to an activating group) is 1. The van der Waals surface area contributed by atoms with Crippen molar-refractivity contribution in [3.8, 4) is 0 Å². The molecule has 0 aliphatic carbocycles. The van der Waals surface area contributed by atoms with Crippen molar-refractivity contribution in [2.45, 2.75) is 6.04 Å². The largest absolute Gasteiger partial charge is 0.395 e. The third-order valence-corrected chi connectivity index (χ3v) is 1.73. The van der Waals surface area contributed by atoms with Gasteiger partial charge in [-0.2, -0.15) is 0 Å². The van der Waals surface area contributed by atoms with E-state index in [1.165, 1.54) is 0 Å². The summed E-state index contributed by atoms with van der Waals surface area (Å²) in [5, 5.41) is 8.74. The van der Waals surface area contributed by atoms with E-state index in [1.54, 1.807) is 0 Å². The Kier molecular flexibility index (Phi) is 4.99. The van der Waals surface area contributed by atoms with Gasteiger partial charge in [0.25, 0.3) is 0 Å². The quantitative estimate of drug-likeness (QED) is 0.584. The van der Waals surface area contributed by atoms with E-state index in [0.29, 0.717) is 6.61 Å². The van der Waals surface area contributed by atoms with E-state index in [0.717, 1.165) is 13.2 Å². The summed E-state index contributed by atoms with van der Waals surface area (Å²) in [7, 11) is 2.00. The van der Waals surface area contributed by atoms with Crippen LogP contribution in [0, 0.1) is 0 Å². The minimum atomic E-state index is 0. The summed E-state index contributed by atoms with van der Waals surface area (Å²) in [6.45, 7) is 2.61. The second-order valence-electron chi connectivity index (χ2n) is 2.39. The van der Waals surface area contributed by atoms with Crippen LogP contribution < -0.4 is 0 Å². The van der Waals surface area contributed by atoms with Crippen molar-refractivity contribution >= 4 is 12.4 Å². The Hall–Kier alpha value is 0.170. The van der Waals surface area contributed by atoms with Gasteiger partial charge in [-0.15, -0.1) is 12.4 Å². The maximum absolute atomic E-state index is 8.74. The van der Waals surface area contributed by atoms with Crippen molar-refractivity contribution < 1.29 is 9.84 Å². The van der Waals surface area contributed by atoms with Crippen LogP contribution in [0.4, 0.5) is 0 Å². The van der Waals surface area contributed by atoms with Crippen molar-refractivity contribution in [3.63, 3.8) is 0 Å². The molecule has 0 aromatic rings. The molecule has 0 spiro atoms. The number of aliphatic hydroxyl groups excluding tert-OH is 1. The molecule has 0 saturated carbocycles. The fourth-order valence-electron chi connectivity index (χ4n) is 0.930. The predicted octanol–water partition coefficient (Wildman–Crippen LogP) is -0.269. The lowest BCUT2D eigenvalue weighted by atomic mass is 10.3. The summed E-state index contributed by atoms with van der Waals surface area (Å²) in [6, 6.07) is 0.221. The van der Waals surface area contributed by atoms with Crippen LogP contribution in [-0.2, 0) is 4.74 Å². The van der Waals surface area contributed by atoms with E-state index in [2.05, 4.69) is 4.90 Å². The Labute approximate surface area is 67.4 Å². The molecule has 1 aliphatic rings. The third kappa shape index (κ3) is 2.42. The first-order valence-corrected chi connectivity index (χ1v) is 3.23. The van der Waals surface area contributed by atoms with Crippen LogP contribution in [-0.4, -0.2) is 49.5 Å². The van der Waals surface area contributed by atoms with E-state index in [9.17, 15) is 0 Å². The molecule has 0 aromatic heterocycles. The summed E-state index contributed by atoms with van der Waals surface area (Å²) < 4.78 is 5.14. The molecule has 1 N–H and O–H groups in total. The maximum Gasteiger partial charge on any atom is 0.0644 e. The van der Waals surface area contributed by atoms with Gasteiger partial charge < -0.3 is 9.84 Å². The number of ether oxygens (including phenoxy) is 1. The normalized spacial score (nSPS) is 27.6. The van der Waals surface area contributed by atoms with Gasteiger partial charge in [-0.05, 0) is 7.05 Å². The van der Waals surface area contributed by atoms with Crippen LogP contribution >= 0.6 is 12.4 Å². The average Bonchev–Trinajstić information content (AvgIpc) is 1.89. The number of rotatable bonds is 1. The fourth-order valence-corrected chi connectivity index (χ4v) is 0.930. The molecule has 1 unspecified atom stereocenters. The van der Waals surface area contributed by atoms with Crippen LogP contribution in [0.3, 0.4) is 0 Å². The van der Waals surface area contributed by atoms with Crippen LogP contribution in [0.2, 0.25) is 0 Å². The molecule has 0 radical (unpaired) electrons. The Morgan fingerprint density at radius 3 is 2.80 bits per heavy atom. The molecule has 1 atom stereocenters.